The van der Waals surface area contributed by atoms with E-state index in [0.29, 0.717) is 0 Å². The summed E-state index contributed by atoms with van der Waals surface area (Å²) in [5.41, 5.74) is 0. The second-order valence-electron chi connectivity index (χ2n) is 5.99. The molecular formula is C16H34O2. The third kappa shape index (κ3) is 14.0. The van der Waals surface area contributed by atoms with Crippen LogP contribution in [0.2, 0.25) is 0 Å². The van der Waals surface area contributed by atoms with E-state index in [0.717, 1.165) is 18.8 Å². The Balaban J connectivity index is 2.99. The first kappa shape index (κ1) is 17.9. The van der Waals surface area contributed by atoms with Crippen LogP contribution in [0.5, 0.6) is 0 Å². The van der Waals surface area contributed by atoms with Crippen molar-refractivity contribution in [1.82, 2.24) is 0 Å². The highest BCUT2D eigenvalue weighted by Crippen LogP contribution is 2.13. The van der Waals surface area contributed by atoms with E-state index in [9.17, 15) is 5.11 Å². The lowest BCUT2D eigenvalue weighted by Crippen LogP contribution is -2.10. The summed E-state index contributed by atoms with van der Waals surface area (Å²) in [6, 6.07) is 0. The SMILES string of the molecule is CC(C)CCCCCCCCCCCC(O)CO. The van der Waals surface area contributed by atoms with Crippen molar-refractivity contribution in [1.29, 1.82) is 0 Å². The van der Waals surface area contributed by atoms with Crippen LogP contribution in [0.4, 0.5) is 0 Å². The molecule has 0 fully saturated rings. The molecular weight excluding hydrogens is 224 g/mol. The van der Waals surface area contributed by atoms with Crippen molar-refractivity contribution < 1.29 is 10.2 Å². The Labute approximate surface area is 114 Å². The van der Waals surface area contributed by atoms with Crippen LogP contribution in [0, 0.1) is 5.92 Å². The number of hydrogen-bond acceptors (Lipinski definition) is 2. The number of aliphatic hydroxyl groups excluding tert-OH is 2. The smallest absolute Gasteiger partial charge is 0.0770 e. The highest BCUT2D eigenvalue weighted by atomic mass is 16.3. The van der Waals surface area contributed by atoms with Gasteiger partial charge in [0.2, 0.25) is 0 Å². The fraction of sp³-hybridized carbons (Fsp3) is 1.00. The van der Waals surface area contributed by atoms with Gasteiger partial charge in [0, 0.05) is 0 Å². The molecule has 0 aromatic rings. The van der Waals surface area contributed by atoms with Crippen LogP contribution in [-0.4, -0.2) is 22.9 Å². The Morgan fingerprint density at radius 3 is 1.44 bits per heavy atom. The van der Waals surface area contributed by atoms with Gasteiger partial charge in [0.25, 0.3) is 0 Å². The average molecular weight is 258 g/mol. The second-order valence-corrected chi connectivity index (χ2v) is 5.99. The van der Waals surface area contributed by atoms with Gasteiger partial charge in [0.1, 0.15) is 0 Å². The maximum Gasteiger partial charge on any atom is 0.0770 e. The predicted molar refractivity (Wildman–Crippen MR) is 78.7 cm³/mol. The van der Waals surface area contributed by atoms with E-state index in [1.807, 2.05) is 0 Å². The molecule has 0 saturated heterocycles. The van der Waals surface area contributed by atoms with Crippen molar-refractivity contribution in [3.8, 4) is 0 Å². The summed E-state index contributed by atoms with van der Waals surface area (Å²) in [5.74, 6) is 0.860. The highest BCUT2D eigenvalue weighted by molar-refractivity contribution is 4.54. The number of unbranched alkanes of at least 4 members (excludes halogenated alkanes) is 8. The second kappa shape index (κ2) is 13.4. The summed E-state index contributed by atoms with van der Waals surface area (Å²) in [6.45, 7) is 4.51. The van der Waals surface area contributed by atoms with Crippen LogP contribution >= 0.6 is 0 Å². The van der Waals surface area contributed by atoms with E-state index in [-0.39, 0.29) is 6.61 Å². The Hall–Kier alpha value is -0.0800. The molecule has 0 aromatic carbocycles. The zero-order chi connectivity index (χ0) is 13.6. The molecule has 0 saturated carbocycles. The molecule has 2 heteroatoms. The molecule has 0 bridgehead atoms. The number of hydrogen-bond donors (Lipinski definition) is 2. The van der Waals surface area contributed by atoms with Gasteiger partial charge in [-0.05, 0) is 12.3 Å². The molecule has 1 unspecified atom stereocenters. The molecule has 0 spiro atoms. The van der Waals surface area contributed by atoms with Crippen LogP contribution in [-0.2, 0) is 0 Å². The van der Waals surface area contributed by atoms with E-state index in [1.54, 1.807) is 0 Å². The Bertz CT molecular complexity index is 157. The van der Waals surface area contributed by atoms with Crippen molar-refractivity contribution in [2.24, 2.45) is 5.92 Å². The molecule has 110 valence electrons. The predicted octanol–water partition coefficient (Wildman–Crippen LogP) is 4.29. The fourth-order valence-corrected chi connectivity index (χ4v) is 2.26. The van der Waals surface area contributed by atoms with E-state index in [4.69, 9.17) is 5.11 Å². The molecule has 2 nitrogen and oxygen atoms in total. The molecule has 0 radical (unpaired) electrons. The lowest BCUT2D eigenvalue weighted by Gasteiger charge is -2.06. The maximum absolute atomic E-state index is 9.17. The summed E-state index contributed by atoms with van der Waals surface area (Å²) >= 11 is 0. The van der Waals surface area contributed by atoms with Crippen LogP contribution in [0.25, 0.3) is 0 Å². The topological polar surface area (TPSA) is 40.5 Å². The molecule has 0 rings (SSSR count). The minimum absolute atomic E-state index is 0.0869. The summed E-state index contributed by atoms with van der Waals surface area (Å²) in [4.78, 5) is 0. The van der Waals surface area contributed by atoms with Gasteiger partial charge in [0.15, 0.2) is 0 Å². The summed E-state index contributed by atoms with van der Waals surface area (Å²) in [5, 5.41) is 17.8. The Morgan fingerprint density at radius 1 is 0.667 bits per heavy atom. The van der Waals surface area contributed by atoms with Crippen LogP contribution in [0.3, 0.4) is 0 Å². The summed E-state index contributed by atoms with van der Waals surface area (Å²) in [6.07, 6.45) is 13.5. The third-order valence-electron chi connectivity index (χ3n) is 3.53. The highest BCUT2D eigenvalue weighted by Gasteiger charge is 2.00. The van der Waals surface area contributed by atoms with Gasteiger partial charge >= 0.3 is 0 Å². The average Bonchev–Trinajstić information content (AvgIpc) is 2.35. The maximum atomic E-state index is 9.17. The third-order valence-corrected chi connectivity index (χ3v) is 3.53. The molecule has 1 atom stereocenters. The van der Waals surface area contributed by atoms with E-state index in [1.165, 1.54) is 57.8 Å². The zero-order valence-electron chi connectivity index (χ0n) is 12.5. The van der Waals surface area contributed by atoms with Gasteiger partial charge in [0.05, 0.1) is 12.7 Å². The summed E-state index contributed by atoms with van der Waals surface area (Å²) < 4.78 is 0. The molecule has 0 heterocycles. The lowest BCUT2D eigenvalue weighted by atomic mass is 10.0. The van der Waals surface area contributed by atoms with Crippen molar-refractivity contribution >= 4 is 0 Å². The van der Waals surface area contributed by atoms with Crippen molar-refractivity contribution in [3.05, 3.63) is 0 Å². The summed E-state index contributed by atoms with van der Waals surface area (Å²) in [7, 11) is 0. The lowest BCUT2D eigenvalue weighted by molar-refractivity contribution is 0.0860. The molecule has 0 amide bonds. The zero-order valence-corrected chi connectivity index (χ0v) is 12.5. The molecule has 18 heavy (non-hydrogen) atoms. The van der Waals surface area contributed by atoms with Crippen molar-refractivity contribution in [2.45, 2.75) is 90.6 Å². The monoisotopic (exact) mass is 258 g/mol. The van der Waals surface area contributed by atoms with Gasteiger partial charge in [-0.2, -0.15) is 0 Å². The molecule has 2 N–H and O–H groups in total. The van der Waals surface area contributed by atoms with E-state index >= 15 is 0 Å². The van der Waals surface area contributed by atoms with Gasteiger partial charge in [-0.15, -0.1) is 0 Å². The van der Waals surface area contributed by atoms with Crippen LogP contribution in [0.15, 0.2) is 0 Å². The minimum Gasteiger partial charge on any atom is -0.394 e. The first-order valence-corrected chi connectivity index (χ1v) is 7.95. The Kier molecular flexibility index (Phi) is 13.3. The van der Waals surface area contributed by atoms with Crippen LogP contribution < -0.4 is 0 Å². The fourth-order valence-electron chi connectivity index (χ4n) is 2.26. The minimum atomic E-state index is -0.494. The van der Waals surface area contributed by atoms with E-state index < -0.39 is 6.10 Å². The number of aliphatic hydroxyl groups is 2. The molecule has 0 aliphatic heterocycles. The Morgan fingerprint density at radius 2 is 1.06 bits per heavy atom. The largest absolute Gasteiger partial charge is 0.394 e. The first-order valence-electron chi connectivity index (χ1n) is 7.95. The number of rotatable bonds is 13. The van der Waals surface area contributed by atoms with Gasteiger partial charge in [-0.1, -0.05) is 78.1 Å². The van der Waals surface area contributed by atoms with Gasteiger partial charge in [-0.25, -0.2) is 0 Å². The van der Waals surface area contributed by atoms with Crippen molar-refractivity contribution in [2.75, 3.05) is 6.61 Å². The normalized spacial score (nSPS) is 13.2. The quantitative estimate of drug-likeness (QED) is 0.484. The van der Waals surface area contributed by atoms with Gasteiger partial charge in [-0.3, -0.25) is 0 Å². The molecule has 0 aliphatic rings. The van der Waals surface area contributed by atoms with Crippen molar-refractivity contribution in [3.63, 3.8) is 0 Å². The first-order chi connectivity index (χ1) is 8.66. The van der Waals surface area contributed by atoms with E-state index in [2.05, 4.69) is 13.8 Å². The molecule has 0 aliphatic carbocycles. The standard InChI is InChI=1S/C16H34O2/c1-15(2)12-10-8-6-4-3-5-7-9-11-13-16(18)14-17/h15-18H,3-14H2,1-2H3. The van der Waals surface area contributed by atoms with Gasteiger partial charge < -0.3 is 10.2 Å². The molecule has 0 aromatic heterocycles. The van der Waals surface area contributed by atoms with Crippen LogP contribution in [0.1, 0.15) is 84.5 Å².